The van der Waals surface area contributed by atoms with E-state index >= 15 is 0 Å². The van der Waals surface area contributed by atoms with Crippen LogP contribution < -0.4 is 4.74 Å². The van der Waals surface area contributed by atoms with Crippen LogP contribution in [0.3, 0.4) is 0 Å². The smallest absolute Gasteiger partial charge is 0.232 e. The average Bonchev–Trinajstić information content (AvgIpc) is 2.26. The minimum absolute atomic E-state index is 0.0263. The lowest BCUT2D eigenvalue weighted by Crippen LogP contribution is -2.01. The predicted octanol–water partition coefficient (Wildman–Crippen LogP) is 3.71. The molecular formula is C11H13BrClFO3S. The molecule has 0 saturated heterocycles. The van der Waals surface area contributed by atoms with Gasteiger partial charge in [-0.1, -0.05) is 0 Å². The number of ether oxygens (including phenoxy) is 1. The molecule has 0 unspecified atom stereocenters. The van der Waals surface area contributed by atoms with Crippen molar-refractivity contribution in [2.45, 2.75) is 19.3 Å². The zero-order valence-electron chi connectivity index (χ0n) is 9.53. The Morgan fingerprint density at radius 1 is 1.28 bits per heavy atom. The van der Waals surface area contributed by atoms with Crippen LogP contribution in [-0.4, -0.2) is 20.8 Å². The Hall–Kier alpha value is -0.330. The Morgan fingerprint density at radius 2 is 2.00 bits per heavy atom. The molecule has 18 heavy (non-hydrogen) atoms. The zero-order valence-corrected chi connectivity index (χ0v) is 12.7. The molecule has 0 bridgehead atoms. The number of hydrogen-bond donors (Lipinski definition) is 0. The molecule has 1 aromatic carbocycles. The molecule has 0 atom stereocenters. The summed E-state index contributed by atoms with van der Waals surface area (Å²) in [5, 5.41) is 0. The van der Waals surface area contributed by atoms with Gasteiger partial charge in [-0.2, -0.15) is 0 Å². The fourth-order valence-corrected chi connectivity index (χ4v) is 2.43. The van der Waals surface area contributed by atoms with E-state index in [0.29, 0.717) is 36.1 Å². The molecule has 0 aromatic heterocycles. The van der Waals surface area contributed by atoms with E-state index < -0.39 is 9.05 Å². The van der Waals surface area contributed by atoms with E-state index in [-0.39, 0.29) is 11.6 Å². The third-order valence-electron chi connectivity index (χ3n) is 2.19. The summed E-state index contributed by atoms with van der Waals surface area (Å²) < 4.78 is 40.1. The van der Waals surface area contributed by atoms with Crippen LogP contribution in [0.5, 0.6) is 5.75 Å². The molecule has 1 rings (SSSR count). The van der Waals surface area contributed by atoms with Gasteiger partial charge in [0, 0.05) is 16.7 Å². The quantitative estimate of drug-likeness (QED) is 0.550. The lowest BCUT2D eigenvalue weighted by Gasteiger charge is -2.06. The topological polar surface area (TPSA) is 43.4 Å². The van der Waals surface area contributed by atoms with Crippen LogP contribution in [0.15, 0.2) is 22.7 Å². The van der Waals surface area contributed by atoms with Crippen molar-refractivity contribution >= 4 is 35.7 Å². The predicted molar refractivity (Wildman–Crippen MR) is 73.1 cm³/mol. The van der Waals surface area contributed by atoms with Crippen molar-refractivity contribution in [2.75, 3.05) is 12.4 Å². The Morgan fingerprint density at radius 3 is 2.61 bits per heavy atom. The lowest BCUT2D eigenvalue weighted by molar-refractivity contribution is 0.304. The van der Waals surface area contributed by atoms with Gasteiger partial charge in [-0.15, -0.1) is 0 Å². The van der Waals surface area contributed by atoms with Crippen LogP contribution in [0.25, 0.3) is 0 Å². The van der Waals surface area contributed by atoms with Crippen molar-refractivity contribution in [1.82, 2.24) is 0 Å². The van der Waals surface area contributed by atoms with Crippen LogP contribution in [0.4, 0.5) is 4.39 Å². The summed E-state index contributed by atoms with van der Waals surface area (Å²) in [7, 11) is 1.67. The van der Waals surface area contributed by atoms with Crippen molar-refractivity contribution in [1.29, 1.82) is 0 Å². The molecule has 0 aliphatic rings. The normalized spacial score (nSPS) is 11.5. The summed E-state index contributed by atoms with van der Waals surface area (Å²) in [6, 6.07) is 4.54. The fraction of sp³-hybridized carbons (Fsp3) is 0.455. The monoisotopic (exact) mass is 358 g/mol. The number of halogens is 3. The molecule has 1 aromatic rings. The standard InChI is InChI=1S/C11H13BrClFO3S/c12-10-5-4-9(8-11(10)14)17-6-2-1-3-7-18(13,15)16/h4-5,8H,1-3,6-7H2. The molecule has 0 aliphatic heterocycles. The maximum absolute atomic E-state index is 13.1. The van der Waals surface area contributed by atoms with Crippen LogP contribution in [0, 0.1) is 5.82 Å². The fourth-order valence-electron chi connectivity index (χ4n) is 1.31. The van der Waals surface area contributed by atoms with Crippen molar-refractivity contribution in [3.05, 3.63) is 28.5 Å². The van der Waals surface area contributed by atoms with Gasteiger partial charge in [0.1, 0.15) is 11.6 Å². The molecular weight excluding hydrogens is 347 g/mol. The van der Waals surface area contributed by atoms with Crippen LogP contribution in [0.1, 0.15) is 19.3 Å². The van der Waals surface area contributed by atoms with E-state index in [1.54, 1.807) is 12.1 Å². The van der Waals surface area contributed by atoms with E-state index in [1.807, 2.05) is 0 Å². The third-order valence-corrected chi connectivity index (χ3v) is 4.07. The molecule has 0 saturated carbocycles. The molecule has 0 N–H and O–H groups in total. The van der Waals surface area contributed by atoms with E-state index in [2.05, 4.69) is 15.9 Å². The first-order valence-corrected chi connectivity index (χ1v) is 8.66. The van der Waals surface area contributed by atoms with E-state index in [9.17, 15) is 12.8 Å². The first-order valence-electron chi connectivity index (χ1n) is 5.39. The molecule has 0 spiro atoms. The Bertz CT molecular complexity index is 493. The van der Waals surface area contributed by atoms with Gasteiger partial charge in [0.15, 0.2) is 0 Å². The Balaban J connectivity index is 2.20. The molecule has 0 amide bonds. The summed E-state index contributed by atoms with van der Waals surface area (Å²) in [4.78, 5) is 0. The molecule has 0 fully saturated rings. The molecule has 3 nitrogen and oxygen atoms in total. The highest BCUT2D eigenvalue weighted by molar-refractivity contribution is 9.10. The van der Waals surface area contributed by atoms with Gasteiger partial charge in [-0.25, -0.2) is 12.8 Å². The van der Waals surface area contributed by atoms with Crippen LogP contribution in [0.2, 0.25) is 0 Å². The lowest BCUT2D eigenvalue weighted by atomic mass is 10.2. The number of benzene rings is 1. The molecule has 7 heteroatoms. The van der Waals surface area contributed by atoms with Gasteiger partial charge < -0.3 is 4.74 Å². The van der Waals surface area contributed by atoms with E-state index in [4.69, 9.17) is 15.4 Å². The van der Waals surface area contributed by atoms with Crippen molar-refractivity contribution < 1.29 is 17.5 Å². The summed E-state index contributed by atoms with van der Waals surface area (Å²) in [6.07, 6.45) is 1.90. The Labute approximate surface area is 119 Å². The van der Waals surface area contributed by atoms with E-state index in [0.717, 1.165) is 0 Å². The van der Waals surface area contributed by atoms with Gasteiger partial charge in [0.05, 0.1) is 16.8 Å². The van der Waals surface area contributed by atoms with Gasteiger partial charge in [0.25, 0.3) is 0 Å². The average molecular weight is 360 g/mol. The first kappa shape index (κ1) is 15.7. The van der Waals surface area contributed by atoms with Crippen molar-refractivity contribution in [3.63, 3.8) is 0 Å². The number of rotatable bonds is 7. The molecule has 0 aliphatic carbocycles. The van der Waals surface area contributed by atoms with Crippen molar-refractivity contribution in [3.8, 4) is 5.75 Å². The minimum Gasteiger partial charge on any atom is -0.493 e. The second-order valence-corrected chi connectivity index (χ2v) is 7.48. The molecule has 0 radical (unpaired) electrons. The minimum atomic E-state index is -3.40. The number of hydrogen-bond acceptors (Lipinski definition) is 3. The maximum Gasteiger partial charge on any atom is 0.232 e. The largest absolute Gasteiger partial charge is 0.493 e. The van der Waals surface area contributed by atoms with E-state index in [1.165, 1.54) is 6.07 Å². The highest BCUT2D eigenvalue weighted by atomic mass is 79.9. The summed E-state index contributed by atoms with van der Waals surface area (Å²) >= 11 is 3.05. The van der Waals surface area contributed by atoms with Gasteiger partial charge in [-0.05, 0) is 47.3 Å². The maximum atomic E-state index is 13.1. The second kappa shape index (κ2) is 7.31. The van der Waals surface area contributed by atoms with Crippen LogP contribution >= 0.6 is 26.6 Å². The van der Waals surface area contributed by atoms with Crippen LogP contribution in [-0.2, 0) is 9.05 Å². The van der Waals surface area contributed by atoms with Gasteiger partial charge in [0.2, 0.25) is 9.05 Å². The summed E-state index contributed by atoms with van der Waals surface area (Å²) in [6.45, 7) is 0.420. The SMILES string of the molecule is O=S(=O)(Cl)CCCCCOc1ccc(Br)c(F)c1. The second-order valence-electron chi connectivity index (χ2n) is 3.73. The van der Waals surface area contributed by atoms with Crippen molar-refractivity contribution in [2.24, 2.45) is 0 Å². The van der Waals surface area contributed by atoms with Gasteiger partial charge >= 0.3 is 0 Å². The first-order chi connectivity index (χ1) is 8.38. The zero-order chi connectivity index (χ0) is 13.6. The number of unbranched alkanes of at least 4 members (excludes halogenated alkanes) is 2. The highest BCUT2D eigenvalue weighted by Gasteiger charge is 2.04. The summed E-state index contributed by atoms with van der Waals surface area (Å²) in [5.41, 5.74) is 0. The molecule has 0 heterocycles. The molecule has 102 valence electrons. The third kappa shape index (κ3) is 6.56. The van der Waals surface area contributed by atoms with Gasteiger partial charge in [-0.3, -0.25) is 0 Å². The highest BCUT2D eigenvalue weighted by Crippen LogP contribution is 2.21. The summed E-state index contributed by atoms with van der Waals surface area (Å²) in [5.74, 6) is 0.0583. The Kier molecular flexibility index (Phi) is 6.38.